The number of methoxy groups -OCH3 is 4. The van der Waals surface area contributed by atoms with Crippen molar-refractivity contribution in [3.8, 4) is 0 Å². The van der Waals surface area contributed by atoms with Gasteiger partial charge < -0.3 is 39.7 Å². The molecule has 0 saturated carbocycles. The van der Waals surface area contributed by atoms with E-state index in [4.69, 9.17) is 32.8 Å². The summed E-state index contributed by atoms with van der Waals surface area (Å²) < 4.78 is 270. The predicted octanol–water partition coefficient (Wildman–Crippen LogP) is 8.73. The van der Waals surface area contributed by atoms with Crippen molar-refractivity contribution in [1.29, 1.82) is 0 Å². The van der Waals surface area contributed by atoms with E-state index >= 15 is 0 Å². The fraction of sp³-hybridized carbons (Fsp3) is 0.312. The quantitative estimate of drug-likeness (QED) is 0.0105. The van der Waals surface area contributed by atoms with Crippen molar-refractivity contribution in [2.24, 2.45) is 0 Å². The third-order valence-corrected chi connectivity index (χ3v) is 13.3. The van der Waals surface area contributed by atoms with Gasteiger partial charge in [-0.25, -0.2) is 37.2 Å². The molecule has 654 valence electrons. The Bertz CT molecular complexity index is 4210. The molecule has 2 unspecified atom stereocenters. The van der Waals surface area contributed by atoms with Gasteiger partial charge in [-0.05, 0) is 54.4 Å². The van der Waals surface area contributed by atoms with E-state index in [9.17, 15) is 121 Å². The predicted molar refractivity (Wildman–Crippen MR) is 431 cm³/mol. The second kappa shape index (κ2) is 71.5. The van der Waals surface area contributed by atoms with Crippen LogP contribution in [0.15, 0.2) is 146 Å². The number of carboxylic acids is 2. The molecule has 0 spiro atoms. The van der Waals surface area contributed by atoms with E-state index in [0.717, 1.165) is 69.5 Å². The number of ether oxygens (including phenoxy) is 4. The molecule has 2 atom stereocenters. The number of hydrogen-bond donors (Lipinski definition) is 5. The van der Waals surface area contributed by atoms with Crippen molar-refractivity contribution in [1.82, 2.24) is 0 Å². The second-order valence-corrected chi connectivity index (χ2v) is 31.6. The van der Waals surface area contributed by atoms with Gasteiger partial charge in [0, 0.05) is 109 Å². The van der Waals surface area contributed by atoms with Crippen LogP contribution in [0.1, 0.15) is 132 Å². The summed E-state index contributed by atoms with van der Waals surface area (Å²) in [7, 11) is 26.1. The minimum atomic E-state index is -5.01. The maximum absolute atomic E-state index is 12.9. The number of alkyl halides is 15. The van der Waals surface area contributed by atoms with Crippen molar-refractivity contribution in [3.63, 3.8) is 0 Å². The Morgan fingerprint density at radius 2 is 0.769 bits per heavy atom. The van der Waals surface area contributed by atoms with Crippen molar-refractivity contribution in [3.05, 3.63) is 212 Å². The number of rotatable bonds is 13. The number of aldehydes is 2. The van der Waals surface area contributed by atoms with Crippen LogP contribution in [0.25, 0.3) is 0 Å². The Morgan fingerprint density at radius 1 is 0.529 bits per heavy atom. The molecule has 18 radical (unpaired) electrons. The summed E-state index contributed by atoms with van der Waals surface area (Å²) in [5, 5.41) is 26.2. The number of carbonyl (C=O) groups is 8. The van der Waals surface area contributed by atoms with Gasteiger partial charge in [0.25, 0.3) is 10.1 Å². The largest absolute Gasteiger partial charge is 1.00 e. The number of hydrogen-bond acceptors (Lipinski definition) is 21. The molecular formula is C64H76B10Cl2F15LiO25S3Si. The van der Waals surface area contributed by atoms with Crippen LogP contribution in [0.5, 0.6) is 0 Å². The zero-order valence-electron chi connectivity index (χ0n) is 63.8. The Morgan fingerprint density at radius 3 is 1.03 bits per heavy atom. The summed E-state index contributed by atoms with van der Waals surface area (Å²) in [5.41, 5.74) is 0.114. The molecule has 0 heterocycles. The van der Waals surface area contributed by atoms with Crippen LogP contribution >= 0.6 is 23.1 Å². The van der Waals surface area contributed by atoms with Crippen molar-refractivity contribution in [2.75, 3.05) is 41.0 Å². The molecule has 0 aliphatic rings. The fourth-order valence-corrected chi connectivity index (χ4v) is 6.95. The molecule has 25 nitrogen and oxygen atoms in total. The van der Waals surface area contributed by atoms with Crippen LogP contribution < -0.4 is 18.9 Å². The molecule has 0 aliphatic heterocycles. The van der Waals surface area contributed by atoms with E-state index in [-0.39, 0.29) is 93.8 Å². The Kier molecular flexibility index (Phi) is 83.9. The summed E-state index contributed by atoms with van der Waals surface area (Å²) >= 11 is 0. The average Bonchev–Trinajstić information content (AvgIpc) is 0.800. The topological polar surface area (TPSA) is 416 Å². The zero-order valence-corrected chi connectivity index (χ0v) is 68.9. The number of aliphatic hydroxyl groups is 1. The van der Waals surface area contributed by atoms with Crippen LogP contribution in [0.3, 0.4) is 0 Å². The Balaban J connectivity index is -0.0000000981. The summed E-state index contributed by atoms with van der Waals surface area (Å²) in [4.78, 5) is 86.3. The summed E-state index contributed by atoms with van der Waals surface area (Å²) in [6, 6.07) is 34.5. The Labute approximate surface area is 726 Å². The Hall–Kier alpha value is -7.88. The minimum Gasteiger partial charge on any atom is -0.870 e. The number of esters is 4. The van der Waals surface area contributed by atoms with Crippen LogP contribution in [-0.2, 0) is 59.1 Å². The van der Waals surface area contributed by atoms with Crippen LogP contribution in [0.2, 0.25) is 19.6 Å². The third-order valence-electron chi connectivity index (χ3n) is 11.0. The first-order valence-corrected chi connectivity index (χ1v) is 39.1. The van der Waals surface area contributed by atoms with Gasteiger partial charge in [-0.15, -0.1) is 12.4 Å². The van der Waals surface area contributed by atoms with Gasteiger partial charge in [0.15, 0.2) is 32.9 Å². The molecular weight excluding hydrogens is 1760 g/mol. The molecule has 0 amide bonds. The first-order valence-electron chi connectivity index (χ1n) is 29.7. The van der Waals surface area contributed by atoms with E-state index in [2.05, 4.69) is 88.0 Å². The van der Waals surface area contributed by atoms with Gasteiger partial charge in [0.2, 0.25) is 9.05 Å². The van der Waals surface area contributed by atoms with Gasteiger partial charge >= 0.3 is 96.1 Å². The van der Waals surface area contributed by atoms with E-state index in [1.165, 1.54) is 82.4 Å². The molecule has 0 aromatic heterocycles. The van der Waals surface area contributed by atoms with Gasteiger partial charge in [-0.3, -0.25) is 22.9 Å². The number of aliphatic hydroxyl groups excluding tert-OH is 1. The van der Waals surface area contributed by atoms with Crippen LogP contribution in [-0.4, -0.2) is 260 Å². The molecule has 57 heteroatoms. The van der Waals surface area contributed by atoms with E-state index in [0.29, 0.717) is 35.5 Å². The molecule has 0 saturated heterocycles. The van der Waals surface area contributed by atoms with Gasteiger partial charge in [-0.1, -0.05) is 144 Å². The molecule has 6 aromatic carbocycles. The van der Waals surface area contributed by atoms with Gasteiger partial charge in [-0.2, -0.15) is 82.7 Å². The number of halogens is 17. The monoisotopic (exact) mass is 1840 g/mol. The molecule has 6 aromatic rings. The maximum atomic E-state index is 12.9. The summed E-state index contributed by atoms with van der Waals surface area (Å²) in [5.74, 6) is -9.04. The molecule has 0 bridgehead atoms. The number of carbonyl (C=O) groups excluding carboxylic acids is 6. The van der Waals surface area contributed by atoms with E-state index in [1.807, 2.05) is 25.1 Å². The molecule has 6 rings (SSSR count). The third kappa shape index (κ3) is 76.7. The zero-order chi connectivity index (χ0) is 92.0. The van der Waals surface area contributed by atoms with Crippen LogP contribution in [0, 0.1) is 6.92 Å². The number of aromatic carboxylic acids is 2. The standard InChI is InChI=1S/C11H11F3O5S.C10H9F3O3.C9H7F3O2.C9H8O3.C9H10O2.C8H6O3.C4H9F3Si.CH3ClO2S.CHF3.2CH4.B4.B3.B2.B.ClH.Li.H2O4S.H2O/c1-18-10(15)8-6-4-3-5-7(8)9(11(12,13)14)19-20(2,16)17;1-16-9(15)7-5-3-2-4-6(7)8(14)10(11,12)13;10-9(11,12)5-6-3-1-2-4-7(6)8(13)14;1-12-9(11)8-5-3-2-4-7(8)6-10;1-7-5-3-4-6-8(7)9(10)11-2;9-5-6-3-1-2-4-7(6)8(10)11;1-8(2,3)4(5,6)7;1-5(2,3)4;2-1(3)4;;;1-4(2)3;1-3-2;1-2;;;;1-5(2,3)4;/h3-6,9H,1-2H3;2-5,8,14H,1H3;1-4H,5H2,(H,13,14);2-6H,1H3;3-6H,1-2H3;1-5H,(H,10,11);1-3H3;1H3;1H;2*1H4;;;;;1H;;(H2,1,2,3,4);1H2/q;;;;;;;;;;;;;;;;+1;;/p-1. The average molecular weight is 1840 g/mol. The van der Waals surface area contributed by atoms with Crippen molar-refractivity contribution in [2.45, 2.75) is 91.1 Å². The van der Waals surface area contributed by atoms with Crippen molar-refractivity contribution < 1.29 is 201 Å². The molecule has 0 fully saturated rings. The van der Waals surface area contributed by atoms with Crippen molar-refractivity contribution >= 4 is 185 Å². The maximum Gasteiger partial charge on any atom is 1.00 e. The van der Waals surface area contributed by atoms with Gasteiger partial charge in [0.1, 0.15) is 0 Å². The molecule has 0 aliphatic carbocycles. The minimum absolute atomic E-state index is 0. The summed E-state index contributed by atoms with van der Waals surface area (Å²) in [6.45, 7) is 2.07. The molecule has 6 N–H and O–H groups in total. The number of aryl methyl sites for hydroxylation is 1. The first kappa shape index (κ1) is 142. The SMILES string of the molecule is C.C.COC(=O)c1ccccc1C.COC(=O)c1ccccc1C(O)C(F)(F)F.COC(=O)c1ccccc1C(OS(C)(=O)=O)C(F)(F)F.COC(=O)c1ccccc1C=O.CS(=O)(=O)Cl.C[Si](C)(C)C(F)(F)F.Cl.FC(F)F.O=C(O)c1ccccc1CC(F)(F)F.O=Cc1ccccc1C(=O)O.O=S(=O)(O)O.[B].[B]B([B])[B].[B][B].[B][B][B].[Li+].[OH-]. The number of carboxylic acid groups (broad SMARTS) is 2. The summed E-state index contributed by atoms with van der Waals surface area (Å²) in [6.07, 6.45) is -19.0. The van der Waals surface area contributed by atoms with E-state index < -0.39 is 140 Å². The fourth-order valence-electron chi connectivity index (χ4n) is 6.39. The first-order chi connectivity index (χ1) is 52.3. The normalized spacial score (nSPS) is 10.5. The van der Waals surface area contributed by atoms with E-state index in [1.54, 1.807) is 42.5 Å². The number of benzene rings is 6. The molecule has 121 heavy (non-hydrogen) atoms. The second-order valence-electron chi connectivity index (χ2n) is 21.0. The smallest absolute Gasteiger partial charge is 0.870 e. The van der Waals surface area contributed by atoms with Gasteiger partial charge in [0.05, 0.1) is 80.8 Å². The van der Waals surface area contributed by atoms with Crippen LogP contribution in [0.4, 0.5) is 65.9 Å².